The van der Waals surface area contributed by atoms with Gasteiger partial charge in [-0.3, -0.25) is 4.79 Å². The van der Waals surface area contributed by atoms with Crippen LogP contribution in [0.25, 0.3) is 0 Å². The highest BCUT2D eigenvalue weighted by Gasteiger charge is 2.25. The van der Waals surface area contributed by atoms with Crippen molar-refractivity contribution < 1.29 is 9.53 Å². The van der Waals surface area contributed by atoms with Gasteiger partial charge in [0.25, 0.3) is 0 Å². The lowest BCUT2D eigenvalue weighted by atomic mass is 10.1. The van der Waals surface area contributed by atoms with Crippen LogP contribution in [0.3, 0.4) is 0 Å². The minimum absolute atomic E-state index is 0. The van der Waals surface area contributed by atoms with E-state index >= 15 is 0 Å². The van der Waals surface area contributed by atoms with Crippen LogP contribution in [-0.2, 0) is 4.79 Å². The molecular weight excluding hydrogens is 361 g/mol. The molecule has 1 aromatic rings. The van der Waals surface area contributed by atoms with E-state index in [0.29, 0.717) is 12.5 Å². The molecule has 1 atom stereocenters. The lowest BCUT2D eigenvalue weighted by molar-refractivity contribution is -0.120. The molecule has 0 aromatic heterocycles. The van der Waals surface area contributed by atoms with Crippen LogP contribution in [-0.4, -0.2) is 45.7 Å². The fourth-order valence-corrected chi connectivity index (χ4v) is 3.14. The number of carbonyl (C=O) groups excluding carboxylic acids is 1. The van der Waals surface area contributed by atoms with Gasteiger partial charge in [-0.05, 0) is 49.8 Å². The number of amides is 1. The number of hydrogen-bond acceptors (Lipinski definition) is 4. The summed E-state index contributed by atoms with van der Waals surface area (Å²) in [7, 11) is 1.71. The number of rotatable bonds is 8. The first-order chi connectivity index (χ1) is 11.3. The van der Waals surface area contributed by atoms with Crippen LogP contribution in [0, 0.1) is 11.8 Å². The predicted molar refractivity (Wildman–Crippen MR) is 106 cm³/mol. The van der Waals surface area contributed by atoms with Crippen LogP contribution < -0.4 is 20.3 Å². The third-order valence-corrected chi connectivity index (χ3v) is 4.72. The van der Waals surface area contributed by atoms with Crippen LogP contribution in [0.15, 0.2) is 24.3 Å². The number of ether oxygens (including phenoxy) is 1. The quantitative estimate of drug-likeness (QED) is 0.716. The number of anilines is 1. The summed E-state index contributed by atoms with van der Waals surface area (Å²) in [5, 5.41) is 6.29. The van der Waals surface area contributed by atoms with E-state index < -0.39 is 0 Å². The van der Waals surface area contributed by atoms with Gasteiger partial charge in [0.05, 0.1) is 19.3 Å². The fraction of sp³-hybridized carbons (Fsp3) is 0.611. The normalized spacial score (nSPS) is 18.9. The molecule has 5 nitrogen and oxygen atoms in total. The fourth-order valence-electron chi connectivity index (χ4n) is 3.14. The highest BCUT2D eigenvalue weighted by atomic mass is 35.5. The number of carbonyl (C=O) groups is 1. The molecule has 0 radical (unpaired) electrons. The summed E-state index contributed by atoms with van der Waals surface area (Å²) in [5.41, 5.74) is 1.15. The average molecular weight is 390 g/mol. The number of methoxy groups -OCH3 is 1. The third-order valence-electron chi connectivity index (χ3n) is 4.72. The number of nitrogens with one attached hydrogen (secondary N) is 2. The molecule has 2 fully saturated rings. The summed E-state index contributed by atoms with van der Waals surface area (Å²) < 4.78 is 5.44. The highest BCUT2D eigenvalue weighted by molar-refractivity contribution is 5.85. The molecule has 1 aliphatic heterocycles. The Bertz CT molecular complexity index is 541. The molecule has 2 N–H and O–H groups in total. The van der Waals surface area contributed by atoms with Crippen molar-refractivity contribution >= 4 is 36.4 Å². The first kappa shape index (κ1) is 21.9. The lowest BCUT2D eigenvalue weighted by Gasteiger charge is -2.21. The van der Waals surface area contributed by atoms with Gasteiger partial charge >= 0.3 is 0 Å². The summed E-state index contributed by atoms with van der Waals surface area (Å²) in [5.74, 6) is 2.35. The monoisotopic (exact) mass is 389 g/mol. The lowest BCUT2D eigenvalue weighted by Crippen LogP contribution is -2.37. The van der Waals surface area contributed by atoms with E-state index in [2.05, 4.69) is 21.6 Å². The zero-order chi connectivity index (χ0) is 16.1. The summed E-state index contributed by atoms with van der Waals surface area (Å²) in [6.45, 7) is 4.17. The zero-order valence-electron chi connectivity index (χ0n) is 14.7. The second-order valence-corrected chi connectivity index (χ2v) is 6.65. The molecule has 1 amide bonds. The van der Waals surface area contributed by atoms with Crippen molar-refractivity contribution in [3.63, 3.8) is 0 Å². The highest BCUT2D eigenvalue weighted by Crippen LogP contribution is 2.31. The van der Waals surface area contributed by atoms with Crippen LogP contribution >= 0.6 is 24.8 Å². The molecule has 1 saturated heterocycles. The SMILES string of the molecule is COc1ccccc1N1CCC(CNC(=O)CNCC2CC2)C1.Cl.Cl. The molecule has 7 heteroatoms. The van der Waals surface area contributed by atoms with Gasteiger partial charge in [-0.25, -0.2) is 0 Å². The Hall–Kier alpha value is -1.17. The second kappa shape index (κ2) is 10.7. The summed E-state index contributed by atoms with van der Waals surface area (Å²) in [6, 6.07) is 8.13. The van der Waals surface area contributed by atoms with Gasteiger partial charge in [-0.2, -0.15) is 0 Å². The van der Waals surface area contributed by atoms with E-state index in [4.69, 9.17) is 4.74 Å². The van der Waals surface area contributed by atoms with Gasteiger partial charge in [0.2, 0.25) is 5.91 Å². The Morgan fingerprint density at radius 1 is 1.16 bits per heavy atom. The van der Waals surface area contributed by atoms with Crippen molar-refractivity contribution in [3.05, 3.63) is 24.3 Å². The van der Waals surface area contributed by atoms with Gasteiger partial charge in [0, 0.05) is 19.6 Å². The molecule has 142 valence electrons. The number of benzene rings is 1. The van der Waals surface area contributed by atoms with Crippen LogP contribution in [0.4, 0.5) is 5.69 Å². The predicted octanol–water partition coefficient (Wildman–Crippen LogP) is 2.48. The van der Waals surface area contributed by atoms with Gasteiger partial charge in [-0.15, -0.1) is 24.8 Å². The maximum atomic E-state index is 11.8. The molecule has 2 aliphatic rings. The van der Waals surface area contributed by atoms with Crippen molar-refractivity contribution in [2.45, 2.75) is 19.3 Å². The van der Waals surface area contributed by atoms with E-state index in [0.717, 1.165) is 50.0 Å². The van der Waals surface area contributed by atoms with Gasteiger partial charge in [0.1, 0.15) is 5.75 Å². The number of nitrogens with zero attached hydrogens (tertiary/aromatic N) is 1. The average Bonchev–Trinajstić information content (AvgIpc) is 3.28. The van der Waals surface area contributed by atoms with E-state index in [1.54, 1.807) is 7.11 Å². The van der Waals surface area contributed by atoms with Crippen LogP contribution in [0.1, 0.15) is 19.3 Å². The third kappa shape index (κ3) is 6.57. The van der Waals surface area contributed by atoms with E-state index in [1.165, 1.54) is 12.8 Å². The Balaban J connectivity index is 0.00000156. The van der Waals surface area contributed by atoms with E-state index in [1.807, 2.05) is 18.2 Å². The van der Waals surface area contributed by atoms with Crippen molar-refractivity contribution in [1.29, 1.82) is 0 Å². The Morgan fingerprint density at radius 3 is 2.64 bits per heavy atom. The largest absolute Gasteiger partial charge is 0.495 e. The molecule has 0 bridgehead atoms. The topological polar surface area (TPSA) is 53.6 Å². The Kier molecular flexibility index (Phi) is 9.39. The number of para-hydroxylation sites is 2. The molecule has 1 heterocycles. The van der Waals surface area contributed by atoms with Crippen LogP contribution in [0.2, 0.25) is 0 Å². The zero-order valence-corrected chi connectivity index (χ0v) is 16.3. The van der Waals surface area contributed by atoms with Gasteiger partial charge in [-0.1, -0.05) is 12.1 Å². The first-order valence-corrected chi connectivity index (χ1v) is 8.61. The Morgan fingerprint density at radius 2 is 1.92 bits per heavy atom. The van der Waals surface area contributed by atoms with Crippen molar-refractivity contribution in [1.82, 2.24) is 10.6 Å². The van der Waals surface area contributed by atoms with Gasteiger partial charge in [0.15, 0.2) is 0 Å². The molecule has 1 aliphatic carbocycles. The smallest absolute Gasteiger partial charge is 0.233 e. The molecule has 25 heavy (non-hydrogen) atoms. The van der Waals surface area contributed by atoms with Crippen molar-refractivity contribution in [3.8, 4) is 5.75 Å². The number of halogens is 2. The van der Waals surface area contributed by atoms with Crippen molar-refractivity contribution in [2.24, 2.45) is 11.8 Å². The maximum Gasteiger partial charge on any atom is 0.233 e. The molecule has 1 saturated carbocycles. The minimum atomic E-state index is 0. The standard InChI is InChI=1S/C18H27N3O2.2ClH/c1-23-17-5-3-2-4-16(17)21-9-8-15(13-21)11-20-18(22)12-19-10-14-6-7-14;;/h2-5,14-15,19H,6-13H2,1H3,(H,20,22);2*1H. The number of hydrogen-bond donors (Lipinski definition) is 2. The van der Waals surface area contributed by atoms with E-state index in [9.17, 15) is 4.79 Å². The molecular formula is C18H29Cl2N3O2. The molecule has 0 spiro atoms. The maximum absolute atomic E-state index is 11.8. The molecule has 3 rings (SSSR count). The second-order valence-electron chi connectivity index (χ2n) is 6.65. The summed E-state index contributed by atoms with van der Waals surface area (Å²) >= 11 is 0. The van der Waals surface area contributed by atoms with Gasteiger partial charge < -0.3 is 20.3 Å². The van der Waals surface area contributed by atoms with E-state index in [-0.39, 0.29) is 30.7 Å². The van der Waals surface area contributed by atoms with Crippen molar-refractivity contribution in [2.75, 3.05) is 44.7 Å². The first-order valence-electron chi connectivity index (χ1n) is 8.61. The summed E-state index contributed by atoms with van der Waals surface area (Å²) in [6.07, 6.45) is 3.73. The Labute approximate surface area is 162 Å². The minimum Gasteiger partial charge on any atom is -0.495 e. The molecule has 1 aromatic carbocycles. The molecule has 1 unspecified atom stereocenters. The summed E-state index contributed by atoms with van der Waals surface area (Å²) in [4.78, 5) is 14.2. The van der Waals surface area contributed by atoms with Crippen LogP contribution in [0.5, 0.6) is 5.75 Å².